The van der Waals surface area contributed by atoms with Crippen LogP contribution in [0.4, 0.5) is 0 Å². The summed E-state index contributed by atoms with van der Waals surface area (Å²) in [5, 5.41) is 9.99. The lowest BCUT2D eigenvalue weighted by Crippen LogP contribution is -2.15. The number of carboxylic acid groups (broad SMARTS) is 1. The lowest BCUT2D eigenvalue weighted by Gasteiger charge is -2.19. The number of rotatable bonds is 5. The fraction of sp³-hybridized carbons (Fsp3) is 0.600. The molecule has 0 amide bonds. The standard InChI is InChI=1S/C15H23NO2S/c1-10(2)6-7-19-13-9-11(14(17)18)8-12(16-13)15(3,4)5/h8-10H,6-7H2,1-5H3,(H,17,18). The van der Waals surface area contributed by atoms with Gasteiger partial charge < -0.3 is 5.11 Å². The summed E-state index contributed by atoms with van der Waals surface area (Å²) in [5.41, 5.74) is 1.02. The number of thioether (sulfide) groups is 1. The largest absolute Gasteiger partial charge is 0.478 e. The second-order valence-corrected chi connectivity index (χ2v) is 7.28. The molecule has 0 bridgehead atoms. The van der Waals surface area contributed by atoms with Gasteiger partial charge in [0.05, 0.1) is 10.6 Å². The van der Waals surface area contributed by atoms with Gasteiger partial charge in [0.1, 0.15) is 0 Å². The van der Waals surface area contributed by atoms with Crippen molar-refractivity contribution in [1.82, 2.24) is 4.98 Å². The van der Waals surface area contributed by atoms with Crippen molar-refractivity contribution in [2.24, 2.45) is 5.92 Å². The number of carboxylic acids is 1. The van der Waals surface area contributed by atoms with Crippen molar-refractivity contribution in [3.63, 3.8) is 0 Å². The lowest BCUT2D eigenvalue weighted by atomic mass is 9.91. The van der Waals surface area contributed by atoms with Crippen LogP contribution in [0.1, 0.15) is 57.1 Å². The van der Waals surface area contributed by atoms with Crippen LogP contribution in [0, 0.1) is 5.92 Å². The highest BCUT2D eigenvalue weighted by Crippen LogP contribution is 2.26. The first-order valence-corrected chi connectivity index (χ1v) is 7.57. The average Bonchev–Trinajstić information content (AvgIpc) is 2.26. The van der Waals surface area contributed by atoms with Crippen LogP contribution in [-0.2, 0) is 5.41 Å². The van der Waals surface area contributed by atoms with Gasteiger partial charge in [0.15, 0.2) is 0 Å². The molecular formula is C15H23NO2S. The molecule has 1 N–H and O–H groups in total. The first-order chi connectivity index (χ1) is 8.70. The summed E-state index contributed by atoms with van der Waals surface area (Å²) in [7, 11) is 0. The molecule has 0 radical (unpaired) electrons. The van der Waals surface area contributed by atoms with Gasteiger partial charge in [-0.15, -0.1) is 11.8 Å². The zero-order valence-electron chi connectivity index (χ0n) is 12.4. The molecule has 3 nitrogen and oxygen atoms in total. The second kappa shape index (κ2) is 6.42. The summed E-state index contributed by atoms with van der Waals surface area (Å²) in [6.07, 6.45) is 1.11. The molecule has 0 atom stereocenters. The maximum absolute atomic E-state index is 11.2. The third kappa shape index (κ3) is 5.23. The van der Waals surface area contributed by atoms with Crippen molar-refractivity contribution in [2.45, 2.75) is 51.5 Å². The van der Waals surface area contributed by atoms with Crippen LogP contribution in [0.5, 0.6) is 0 Å². The Bertz CT molecular complexity index is 450. The quantitative estimate of drug-likeness (QED) is 0.821. The van der Waals surface area contributed by atoms with E-state index < -0.39 is 5.97 Å². The number of aromatic carboxylic acids is 1. The van der Waals surface area contributed by atoms with Gasteiger partial charge in [-0.05, 0) is 30.2 Å². The maximum atomic E-state index is 11.2. The molecule has 106 valence electrons. The Morgan fingerprint density at radius 1 is 1.37 bits per heavy atom. The van der Waals surface area contributed by atoms with E-state index >= 15 is 0 Å². The van der Waals surface area contributed by atoms with Crippen molar-refractivity contribution < 1.29 is 9.90 Å². The molecule has 1 aromatic rings. The highest BCUT2D eigenvalue weighted by Gasteiger charge is 2.19. The van der Waals surface area contributed by atoms with Gasteiger partial charge in [0, 0.05) is 11.1 Å². The Balaban J connectivity index is 2.97. The minimum absolute atomic E-state index is 0.140. The van der Waals surface area contributed by atoms with E-state index in [0.717, 1.165) is 22.9 Å². The van der Waals surface area contributed by atoms with E-state index in [4.69, 9.17) is 0 Å². The Morgan fingerprint density at radius 3 is 2.47 bits per heavy atom. The summed E-state index contributed by atoms with van der Waals surface area (Å²) < 4.78 is 0. The summed E-state index contributed by atoms with van der Waals surface area (Å²) >= 11 is 1.64. The monoisotopic (exact) mass is 281 g/mol. The van der Waals surface area contributed by atoms with Crippen molar-refractivity contribution in [1.29, 1.82) is 0 Å². The van der Waals surface area contributed by atoms with Gasteiger partial charge >= 0.3 is 5.97 Å². The molecule has 1 rings (SSSR count). The van der Waals surface area contributed by atoms with E-state index in [1.165, 1.54) is 0 Å². The van der Waals surface area contributed by atoms with Crippen molar-refractivity contribution in [3.05, 3.63) is 23.4 Å². The predicted octanol–water partition coefficient (Wildman–Crippen LogP) is 4.22. The van der Waals surface area contributed by atoms with Crippen LogP contribution in [0.25, 0.3) is 0 Å². The summed E-state index contributed by atoms with van der Waals surface area (Å²) in [6.45, 7) is 10.5. The summed E-state index contributed by atoms with van der Waals surface area (Å²) in [6, 6.07) is 3.34. The first kappa shape index (κ1) is 16.0. The van der Waals surface area contributed by atoms with E-state index in [0.29, 0.717) is 11.5 Å². The molecule has 0 saturated heterocycles. The first-order valence-electron chi connectivity index (χ1n) is 6.59. The van der Waals surface area contributed by atoms with E-state index in [-0.39, 0.29) is 5.41 Å². The van der Waals surface area contributed by atoms with Gasteiger partial charge in [-0.25, -0.2) is 9.78 Å². The molecule has 19 heavy (non-hydrogen) atoms. The van der Waals surface area contributed by atoms with E-state index in [9.17, 15) is 9.90 Å². The van der Waals surface area contributed by atoms with Crippen LogP contribution in [0.3, 0.4) is 0 Å². The Labute approximate surface area is 119 Å². The molecule has 4 heteroatoms. The number of hydrogen-bond acceptors (Lipinski definition) is 3. The summed E-state index contributed by atoms with van der Waals surface area (Å²) in [5.74, 6) is 0.730. The van der Waals surface area contributed by atoms with Gasteiger partial charge in [-0.1, -0.05) is 34.6 Å². The van der Waals surface area contributed by atoms with E-state index in [2.05, 4.69) is 18.8 Å². The molecule has 0 spiro atoms. The molecule has 0 aliphatic heterocycles. The highest BCUT2D eigenvalue weighted by atomic mass is 32.2. The van der Waals surface area contributed by atoms with Gasteiger partial charge in [-0.3, -0.25) is 0 Å². The fourth-order valence-corrected chi connectivity index (χ4v) is 2.66. The highest BCUT2D eigenvalue weighted by molar-refractivity contribution is 7.99. The molecule has 0 aromatic carbocycles. The third-order valence-electron chi connectivity index (χ3n) is 2.76. The van der Waals surface area contributed by atoms with Gasteiger partial charge in [0.2, 0.25) is 0 Å². The van der Waals surface area contributed by atoms with Crippen LogP contribution >= 0.6 is 11.8 Å². The van der Waals surface area contributed by atoms with Crippen LogP contribution < -0.4 is 0 Å². The fourth-order valence-electron chi connectivity index (χ4n) is 1.49. The van der Waals surface area contributed by atoms with Crippen LogP contribution in [0.2, 0.25) is 0 Å². The Morgan fingerprint density at radius 2 is 2.00 bits per heavy atom. The second-order valence-electron chi connectivity index (χ2n) is 6.17. The molecule has 0 unspecified atom stereocenters. The molecule has 0 aliphatic carbocycles. The van der Waals surface area contributed by atoms with Gasteiger partial charge in [-0.2, -0.15) is 0 Å². The van der Waals surface area contributed by atoms with Gasteiger partial charge in [0.25, 0.3) is 0 Å². The van der Waals surface area contributed by atoms with Crippen LogP contribution in [0.15, 0.2) is 17.2 Å². The minimum Gasteiger partial charge on any atom is -0.478 e. The number of pyridine rings is 1. The number of hydrogen-bond donors (Lipinski definition) is 1. The predicted molar refractivity (Wildman–Crippen MR) is 80.1 cm³/mol. The van der Waals surface area contributed by atoms with E-state index in [1.807, 2.05) is 20.8 Å². The summed E-state index contributed by atoms with van der Waals surface area (Å²) in [4.78, 5) is 15.8. The third-order valence-corrected chi connectivity index (χ3v) is 3.71. The average molecular weight is 281 g/mol. The minimum atomic E-state index is -0.890. The SMILES string of the molecule is CC(C)CCSc1cc(C(=O)O)cc(C(C)(C)C)n1. The molecule has 0 aliphatic rings. The smallest absolute Gasteiger partial charge is 0.335 e. The Kier molecular flexibility index (Phi) is 5.41. The number of carbonyl (C=O) groups is 1. The normalized spacial score (nSPS) is 11.9. The molecule has 1 heterocycles. The van der Waals surface area contributed by atoms with E-state index in [1.54, 1.807) is 23.9 Å². The molecule has 1 aromatic heterocycles. The zero-order valence-corrected chi connectivity index (χ0v) is 13.2. The molecular weight excluding hydrogens is 258 g/mol. The molecule has 0 fully saturated rings. The lowest BCUT2D eigenvalue weighted by molar-refractivity contribution is 0.0696. The van der Waals surface area contributed by atoms with Crippen molar-refractivity contribution >= 4 is 17.7 Å². The molecule has 0 saturated carbocycles. The zero-order chi connectivity index (χ0) is 14.6. The number of nitrogens with zero attached hydrogens (tertiary/aromatic N) is 1. The van der Waals surface area contributed by atoms with Crippen molar-refractivity contribution in [2.75, 3.05) is 5.75 Å². The topological polar surface area (TPSA) is 50.2 Å². The maximum Gasteiger partial charge on any atom is 0.335 e. The van der Waals surface area contributed by atoms with Crippen molar-refractivity contribution in [3.8, 4) is 0 Å². The Hall–Kier alpha value is -1.03. The number of aromatic nitrogens is 1. The van der Waals surface area contributed by atoms with Crippen LogP contribution in [-0.4, -0.2) is 21.8 Å².